The number of aldehydes is 1. The zero-order valence-corrected chi connectivity index (χ0v) is 23.4. The van der Waals surface area contributed by atoms with Gasteiger partial charge in [0.15, 0.2) is 11.5 Å². The highest BCUT2D eigenvalue weighted by Crippen LogP contribution is 2.59. The molecular formula is C28H37IN2O6. The summed E-state index contributed by atoms with van der Waals surface area (Å²) in [4.78, 5) is 24.2. The molecule has 4 N–H and O–H groups in total. The first-order chi connectivity index (χ1) is 17.8. The van der Waals surface area contributed by atoms with Gasteiger partial charge in [0.25, 0.3) is 0 Å². The zero-order valence-electron chi connectivity index (χ0n) is 21.2. The molecule has 8 nitrogen and oxygen atoms in total. The van der Waals surface area contributed by atoms with Crippen molar-refractivity contribution in [1.82, 2.24) is 10.6 Å². The zero-order chi connectivity index (χ0) is 26.2. The van der Waals surface area contributed by atoms with Crippen LogP contribution in [0.15, 0.2) is 23.8 Å². The Labute approximate surface area is 231 Å². The third-order valence-electron chi connectivity index (χ3n) is 8.79. The first-order valence-electron chi connectivity index (χ1n) is 13.3. The van der Waals surface area contributed by atoms with Gasteiger partial charge in [-0.15, -0.1) is 0 Å². The van der Waals surface area contributed by atoms with E-state index in [1.54, 1.807) is 18.2 Å². The fraction of sp³-hybridized carbons (Fsp3) is 0.643. The second-order valence-electron chi connectivity index (χ2n) is 11.5. The standard InChI is InChI=1S/C28H37IN2O6/c1-36-24-8-19(14-33)7-21(29)26(24)37-23-10-20(27(35)30-2-3-32)9-22(25(23)34)31-15-28-11-16-4-17(12-28)6-18(5-16)13-28/h7-8,10,14,16-18,22-23,25,31-32,34H,2-6,9,11-13,15H2,1H3,(H,30,35)/t16?,17?,18?,22-,23+,25+,28?/m1/s1. The van der Waals surface area contributed by atoms with E-state index < -0.39 is 12.2 Å². The topological polar surface area (TPSA) is 117 Å². The van der Waals surface area contributed by atoms with Crippen molar-refractivity contribution in [1.29, 1.82) is 0 Å². The number of aliphatic hydroxyl groups is 2. The van der Waals surface area contributed by atoms with Gasteiger partial charge in [-0.2, -0.15) is 0 Å². The number of carbonyl (C=O) groups excluding carboxylic acids is 2. The lowest BCUT2D eigenvalue weighted by molar-refractivity contribution is -0.118. The summed E-state index contributed by atoms with van der Waals surface area (Å²) in [6.45, 7) is 0.855. The number of aliphatic hydroxyl groups excluding tert-OH is 2. The van der Waals surface area contributed by atoms with Gasteiger partial charge in [0.1, 0.15) is 18.5 Å². The number of ether oxygens (including phenoxy) is 2. The average molecular weight is 625 g/mol. The van der Waals surface area contributed by atoms with Crippen LogP contribution in [0.5, 0.6) is 11.5 Å². The summed E-state index contributed by atoms with van der Waals surface area (Å²) in [6, 6.07) is 2.94. The average Bonchev–Trinajstić information content (AvgIpc) is 2.87. The molecule has 0 radical (unpaired) electrons. The molecule has 0 unspecified atom stereocenters. The van der Waals surface area contributed by atoms with Gasteiger partial charge >= 0.3 is 0 Å². The van der Waals surface area contributed by atoms with Crippen molar-refractivity contribution < 1.29 is 29.3 Å². The Morgan fingerprint density at radius 3 is 2.46 bits per heavy atom. The van der Waals surface area contributed by atoms with E-state index in [0.29, 0.717) is 32.6 Å². The van der Waals surface area contributed by atoms with Crippen LogP contribution in [-0.4, -0.2) is 67.5 Å². The summed E-state index contributed by atoms with van der Waals surface area (Å²) in [6.07, 6.45) is 9.03. The molecule has 0 saturated heterocycles. The Kier molecular flexibility index (Phi) is 8.14. The van der Waals surface area contributed by atoms with Gasteiger partial charge in [0.05, 0.1) is 17.3 Å². The lowest BCUT2D eigenvalue weighted by Crippen LogP contribution is -2.56. The Hall–Kier alpha value is -1.69. The molecule has 0 aliphatic heterocycles. The van der Waals surface area contributed by atoms with Crippen LogP contribution in [-0.2, 0) is 4.79 Å². The molecule has 6 rings (SSSR count). The van der Waals surface area contributed by atoms with Gasteiger partial charge in [0, 0.05) is 30.3 Å². The molecule has 37 heavy (non-hydrogen) atoms. The van der Waals surface area contributed by atoms with Crippen molar-refractivity contribution in [2.45, 2.75) is 63.2 Å². The lowest BCUT2D eigenvalue weighted by atomic mass is 9.49. The van der Waals surface area contributed by atoms with Crippen molar-refractivity contribution >= 4 is 34.8 Å². The number of rotatable bonds is 10. The molecule has 1 aromatic carbocycles. The minimum Gasteiger partial charge on any atom is -0.493 e. The van der Waals surface area contributed by atoms with Crippen LogP contribution in [0.25, 0.3) is 0 Å². The Bertz CT molecular complexity index is 1020. The first kappa shape index (κ1) is 26.9. The second kappa shape index (κ2) is 11.2. The molecule has 3 atom stereocenters. The third-order valence-corrected chi connectivity index (χ3v) is 9.59. The predicted octanol–water partition coefficient (Wildman–Crippen LogP) is 2.83. The van der Waals surface area contributed by atoms with Crippen LogP contribution in [0.1, 0.15) is 55.3 Å². The van der Waals surface area contributed by atoms with Crippen LogP contribution < -0.4 is 20.1 Å². The maximum absolute atomic E-state index is 12.9. The Morgan fingerprint density at radius 1 is 1.19 bits per heavy atom. The predicted molar refractivity (Wildman–Crippen MR) is 147 cm³/mol. The minimum absolute atomic E-state index is 0.145. The largest absolute Gasteiger partial charge is 0.493 e. The molecule has 0 aromatic heterocycles. The van der Waals surface area contributed by atoms with E-state index in [9.17, 15) is 19.8 Å². The molecule has 4 saturated carbocycles. The summed E-state index contributed by atoms with van der Waals surface area (Å²) in [7, 11) is 1.50. The summed E-state index contributed by atoms with van der Waals surface area (Å²) in [5, 5.41) is 27.0. The van der Waals surface area contributed by atoms with Gasteiger partial charge in [-0.1, -0.05) is 0 Å². The highest BCUT2D eigenvalue weighted by atomic mass is 127. The number of methoxy groups -OCH3 is 1. The monoisotopic (exact) mass is 624 g/mol. The van der Waals surface area contributed by atoms with Crippen molar-refractivity contribution in [2.75, 3.05) is 26.8 Å². The highest BCUT2D eigenvalue weighted by Gasteiger charge is 2.51. The van der Waals surface area contributed by atoms with Gasteiger partial charge < -0.3 is 30.3 Å². The lowest BCUT2D eigenvalue weighted by Gasteiger charge is -2.57. The summed E-state index contributed by atoms with van der Waals surface area (Å²) in [5.41, 5.74) is 1.27. The van der Waals surface area contributed by atoms with Crippen molar-refractivity contribution in [3.05, 3.63) is 32.9 Å². The quantitative estimate of drug-likeness (QED) is 0.234. The number of halogens is 1. The van der Waals surface area contributed by atoms with Crippen molar-refractivity contribution in [3.8, 4) is 11.5 Å². The van der Waals surface area contributed by atoms with Crippen LogP contribution in [0.3, 0.4) is 0 Å². The summed E-state index contributed by atoms with van der Waals surface area (Å²) < 4.78 is 12.4. The van der Waals surface area contributed by atoms with E-state index in [2.05, 4.69) is 33.2 Å². The maximum Gasteiger partial charge on any atom is 0.247 e. The number of benzene rings is 1. The van der Waals surface area contributed by atoms with E-state index in [1.807, 2.05) is 0 Å². The van der Waals surface area contributed by atoms with Gasteiger partial charge in [0.2, 0.25) is 5.91 Å². The Balaban J connectivity index is 1.36. The number of amides is 1. The second-order valence-corrected chi connectivity index (χ2v) is 12.7. The molecule has 4 fully saturated rings. The molecule has 4 bridgehead atoms. The van der Waals surface area contributed by atoms with Crippen LogP contribution >= 0.6 is 22.6 Å². The number of nitrogens with one attached hydrogen (secondary N) is 2. The van der Waals surface area contributed by atoms with E-state index in [1.165, 1.54) is 45.6 Å². The van der Waals surface area contributed by atoms with Crippen LogP contribution in [0.4, 0.5) is 0 Å². The van der Waals surface area contributed by atoms with Crippen LogP contribution in [0, 0.1) is 26.7 Å². The molecule has 9 heteroatoms. The SMILES string of the molecule is COc1cc(C=O)cc(I)c1O[C@H]1C=C(C(=O)NCCO)C[C@@H](NCC23CC4CC(CC(C4)C2)C3)[C@@H]1O. The smallest absolute Gasteiger partial charge is 0.247 e. The van der Waals surface area contributed by atoms with Crippen molar-refractivity contribution in [3.63, 3.8) is 0 Å². The molecule has 1 amide bonds. The molecule has 0 spiro atoms. The fourth-order valence-electron chi connectivity index (χ4n) is 7.61. The maximum atomic E-state index is 12.9. The van der Waals surface area contributed by atoms with Gasteiger partial charge in [-0.25, -0.2) is 0 Å². The molecule has 0 heterocycles. The summed E-state index contributed by atoms with van der Waals surface area (Å²) in [5.74, 6) is 3.06. The molecule has 202 valence electrons. The van der Waals surface area contributed by atoms with E-state index in [0.717, 1.165) is 30.6 Å². The number of carbonyl (C=O) groups is 2. The van der Waals surface area contributed by atoms with E-state index in [-0.39, 0.29) is 30.5 Å². The molecule has 5 aliphatic carbocycles. The normalized spacial score (nSPS) is 34.1. The number of hydrogen-bond donors (Lipinski definition) is 4. The van der Waals surface area contributed by atoms with Crippen molar-refractivity contribution in [2.24, 2.45) is 23.2 Å². The minimum atomic E-state index is -0.880. The molecule has 1 aromatic rings. The van der Waals surface area contributed by atoms with E-state index in [4.69, 9.17) is 9.47 Å². The van der Waals surface area contributed by atoms with Crippen LogP contribution in [0.2, 0.25) is 0 Å². The van der Waals surface area contributed by atoms with Gasteiger partial charge in [-0.05, 0) is 109 Å². The highest BCUT2D eigenvalue weighted by molar-refractivity contribution is 14.1. The third kappa shape index (κ3) is 5.69. The number of hydrogen-bond acceptors (Lipinski definition) is 7. The molecular weight excluding hydrogens is 587 g/mol. The first-order valence-corrected chi connectivity index (χ1v) is 14.4. The van der Waals surface area contributed by atoms with E-state index >= 15 is 0 Å². The van der Waals surface area contributed by atoms with Gasteiger partial charge in [-0.3, -0.25) is 9.59 Å². The Morgan fingerprint density at radius 2 is 1.86 bits per heavy atom. The summed E-state index contributed by atoms with van der Waals surface area (Å²) >= 11 is 2.08. The molecule has 5 aliphatic rings. The fourth-order valence-corrected chi connectivity index (χ4v) is 8.36.